The maximum atomic E-state index is 10.9. The van der Waals surface area contributed by atoms with E-state index in [-0.39, 0.29) is 11.8 Å². The summed E-state index contributed by atoms with van der Waals surface area (Å²) in [6.07, 6.45) is 6.28. The highest BCUT2D eigenvalue weighted by Gasteiger charge is 2.21. The van der Waals surface area contributed by atoms with Crippen molar-refractivity contribution in [3.63, 3.8) is 0 Å². The number of carboxylic acids is 1. The zero-order chi connectivity index (χ0) is 13.0. The van der Waals surface area contributed by atoms with Crippen molar-refractivity contribution in [2.75, 3.05) is 11.9 Å². The molecule has 1 aromatic heterocycles. The number of rotatable bonds is 4. The lowest BCUT2D eigenvalue weighted by Gasteiger charge is -2.26. The molecule has 0 radical (unpaired) electrons. The van der Waals surface area contributed by atoms with E-state index in [0.717, 1.165) is 25.7 Å². The molecule has 1 aliphatic rings. The fourth-order valence-corrected chi connectivity index (χ4v) is 2.31. The van der Waals surface area contributed by atoms with Crippen LogP contribution >= 0.6 is 0 Å². The second kappa shape index (κ2) is 5.77. The maximum absolute atomic E-state index is 10.9. The molecule has 98 valence electrons. The van der Waals surface area contributed by atoms with Crippen LogP contribution in [0.15, 0.2) is 12.4 Å². The Morgan fingerprint density at radius 2 is 2.17 bits per heavy atom. The Morgan fingerprint density at radius 3 is 2.89 bits per heavy atom. The summed E-state index contributed by atoms with van der Waals surface area (Å²) in [7, 11) is 0. The van der Waals surface area contributed by atoms with Crippen molar-refractivity contribution in [2.24, 2.45) is 5.92 Å². The van der Waals surface area contributed by atoms with Crippen LogP contribution < -0.4 is 5.32 Å². The van der Waals surface area contributed by atoms with Crippen LogP contribution in [0.25, 0.3) is 0 Å². The molecule has 0 amide bonds. The van der Waals surface area contributed by atoms with Gasteiger partial charge in [0.05, 0.1) is 6.10 Å². The van der Waals surface area contributed by atoms with Crippen molar-refractivity contribution in [1.29, 1.82) is 0 Å². The summed E-state index contributed by atoms with van der Waals surface area (Å²) in [5, 5.41) is 21.6. The standard InChI is InChI=1S/C12H17N3O3/c16-9-3-1-2-8(6-9)7-15-11-10(12(17)18)13-4-5-14-11/h4-5,8-9,16H,1-3,6-7H2,(H,14,15)(H,17,18). The Morgan fingerprint density at radius 1 is 1.39 bits per heavy atom. The molecule has 1 aliphatic carbocycles. The number of carbonyl (C=O) groups is 1. The number of aromatic carboxylic acids is 1. The van der Waals surface area contributed by atoms with Crippen LogP contribution in [-0.2, 0) is 0 Å². The molecule has 0 aromatic carbocycles. The van der Waals surface area contributed by atoms with E-state index < -0.39 is 5.97 Å². The van der Waals surface area contributed by atoms with Crippen molar-refractivity contribution in [1.82, 2.24) is 9.97 Å². The lowest BCUT2D eigenvalue weighted by atomic mass is 9.87. The smallest absolute Gasteiger partial charge is 0.358 e. The minimum atomic E-state index is -1.09. The summed E-state index contributed by atoms with van der Waals surface area (Å²) in [5.74, 6) is -0.434. The summed E-state index contributed by atoms with van der Waals surface area (Å²) in [6, 6.07) is 0. The number of carboxylic acid groups (broad SMARTS) is 1. The predicted molar refractivity (Wildman–Crippen MR) is 65.4 cm³/mol. The van der Waals surface area contributed by atoms with E-state index in [9.17, 15) is 9.90 Å². The molecular formula is C12H17N3O3. The van der Waals surface area contributed by atoms with Gasteiger partial charge >= 0.3 is 5.97 Å². The van der Waals surface area contributed by atoms with Gasteiger partial charge in [0.15, 0.2) is 11.5 Å². The van der Waals surface area contributed by atoms with Crippen molar-refractivity contribution in [3.05, 3.63) is 18.1 Å². The largest absolute Gasteiger partial charge is 0.476 e. The van der Waals surface area contributed by atoms with Gasteiger partial charge < -0.3 is 15.5 Å². The quantitative estimate of drug-likeness (QED) is 0.742. The van der Waals surface area contributed by atoms with Gasteiger partial charge in [0.1, 0.15) is 0 Å². The van der Waals surface area contributed by atoms with Crippen molar-refractivity contribution in [3.8, 4) is 0 Å². The minimum absolute atomic E-state index is 0.0612. The van der Waals surface area contributed by atoms with Gasteiger partial charge in [-0.15, -0.1) is 0 Å². The van der Waals surface area contributed by atoms with E-state index in [1.165, 1.54) is 12.4 Å². The first-order valence-electron chi connectivity index (χ1n) is 6.13. The lowest BCUT2D eigenvalue weighted by molar-refractivity contribution is 0.0690. The number of aliphatic hydroxyl groups is 1. The topological polar surface area (TPSA) is 95.3 Å². The van der Waals surface area contributed by atoms with E-state index >= 15 is 0 Å². The first-order chi connectivity index (χ1) is 8.66. The molecule has 2 atom stereocenters. The minimum Gasteiger partial charge on any atom is -0.476 e. The third kappa shape index (κ3) is 3.16. The van der Waals surface area contributed by atoms with Crippen LogP contribution in [0, 0.1) is 5.92 Å². The SMILES string of the molecule is O=C(O)c1nccnc1NCC1CCCC(O)C1. The predicted octanol–water partition coefficient (Wildman–Crippen LogP) is 1.14. The number of nitrogens with zero attached hydrogens (tertiary/aromatic N) is 2. The van der Waals surface area contributed by atoms with Crippen LogP contribution in [0.5, 0.6) is 0 Å². The summed E-state index contributed by atoms with van der Waals surface area (Å²) < 4.78 is 0. The van der Waals surface area contributed by atoms with Gasteiger partial charge in [-0.2, -0.15) is 0 Å². The van der Waals surface area contributed by atoms with Gasteiger partial charge in [-0.05, 0) is 25.2 Å². The van der Waals surface area contributed by atoms with E-state index in [0.29, 0.717) is 18.3 Å². The molecule has 1 heterocycles. The Labute approximate surface area is 105 Å². The number of nitrogens with one attached hydrogen (secondary N) is 1. The molecule has 2 rings (SSSR count). The molecule has 0 aliphatic heterocycles. The highest BCUT2D eigenvalue weighted by Crippen LogP contribution is 2.24. The normalized spacial score (nSPS) is 23.6. The molecule has 3 N–H and O–H groups in total. The van der Waals surface area contributed by atoms with E-state index in [2.05, 4.69) is 15.3 Å². The maximum Gasteiger partial charge on any atom is 0.358 e. The molecule has 2 unspecified atom stereocenters. The Bertz CT molecular complexity index is 425. The van der Waals surface area contributed by atoms with Crippen LogP contribution in [0.4, 0.5) is 5.82 Å². The molecule has 0 bridgehead atoms. The number of anilines is 1. The first kappa shape index (κ1) is 12.8. The Balaban J connectivity index is 1.95. The van der Waals surface area contributed by atoms with Crippen molar-refractivity contribution >= 4 is 11.8 Å². The molecular weight excluding hydrogens is 234 g/mol. The third-order valence-corrected chi connectivity index (χ3v) is 3.21. The summed E-state index contributed by atoms with van der Waals surface area (Å²) in [6.45, 7) is 0.621. The van der Waals surface area contributed by atoms with E-state index in [1.807, 2.05) is 0 Å². The average molecular weight is 251 g/mol. The Kier molecular flexibility index (Phi) is 4.09. The van der Waals surface area contributed by atoms with Crippen molar-refractivity contribution in [2.45, 2.75) is 31.8 Å². The van der Waals surface area contributed by atoms with Crippen LogP contribution in [0.2, 0.25) is 0 Å². The van der Waals surface area contributed by atoms with Crippen LogP contribution in [0.1, 0.15) is 36.2 Å². The van der Waals surface area contributed by atoms with Gasteiger partial charge in [0, 0.05) is 18.9 Å². The fourth-order valence-electron chi connectivity index (χ4n) is 2.31. The molecule has 1 fully saturated rings. The molecule has 6 nitrogen and oxygen atoms in total. The molecule has 1 saturated carbocycles. The van der Waals surface area contributed by atoms with Gasteiger partial charge in [0.25, 0.3) is 0 Å². The molecule has 6 heteroatoms. The van der Waals surface area contributed by atoms with Gasteiger partial charge in [-0.25, -0.2) is 14.8 Å². The second-order valence-corrected chi connectivity index (χ2v) is 4.63. The van der Waals surface area contributed by atoms with Gasteiger partial charge in [-0.1, -0.05) is 6.42 Å². The monoisotopic (exact) mass is 251 g/mol. The summed E-state index contributed by atoms with van der Waals surface area (Å²) in [5.41, 5.74) is -0.0612. The van der Waals surface area contributed by atoms with Crippen LogP contribution in [0.3, 0.4) is 0 Å². The van der Waals surface area contributed by atoms with E-state index in [1.54, 1.807) is 0 Å². The highest BCUT2D eigenvalue weighted by atomic mass is 16.4. The molecule has 0 spiro atoms. The summed E-state index contributed by atoms with van der Waals surface area (Å²) >= 11 is 0. The van der Waals surface area contributed by atoms with E-state index in [4.69, 9.17) is 5.11 Å². The molecule has 1 aromatic rings. The number of aliphatic hydroxyl groups excluding tert-OH is 1. The lowest BCUT2D eigenvalue weighted by Crippen LogP contribution is -2.25. The van der Waals surface area contributed by atoms with Gasteiger partial charge in [-0.3, -0.25) is 0 Å². The molecule has 0 saturated heterocycles. The first-order valence-corrected chi connectivity index (χ1v) is 6.13. The zero-order valence-corrected chi connectivity index (χ0v) is 10.0. The number of hydrogen-bond donors (Lipinski definition) is 3. The van der Waals surface area contributed by atoms with Crippen LogP contribution in [-0.4, -0.2) is 38.8 Å². The van der Waals surface area contributed by atoms with Gasteiger partial charge in [0.2, 0.25) is 0 Å². The number of hydrogen-bond acceptors (Lipinski definition) is 5. The second-order valence-electron chi connectivity index (χ2n) is 4.63. The zero-order valence-electron chi connectivity index (χ0n) is 10.0. The third-order valence-electron chi connectivity index (χ3n) is 3.21. The Hall–Kier alpha value is -1.69. The summed E-state index contributed by atoms with van der Waals surface area (Å²) in [4.78, 5) is 18.7. The highest BCUT2D eigenvalue weighted by molar-refractivity contribution is 5.90. The average Bonchev–Trinajstić information content (AvgIpc) is 2.37. The molecule has 18 heavy (non-hydrogen) atoms. The number of aromatic nitrogens is 2. The van der Waals surface area contributed by atoms with Crippen molar-refractivity contribution < 1.29 is 15.0 Å². The fraction of sp³-hybridized carbons (Fsp3) is 0.583.